The van der Waals surface area contributed by atoms with Crippen LogP contribution in [0.3, 0.4) is 0 Å². The number of nitrogens with one attached hydrogen (secondary N) is 1. The van der Waals surface area contributed by atoms with E-state index in [0.717, 1.165) is 16.7 Å². The van der Waals surface area contributed by atoms with Gasteiger partial charge in [0.05, 0.1) is 26.2 Å². The fraction of sp³-hybridized carbons (Fsp3) is 0.474. The van der Waals surface area contributed by atoms with E-state index in [1.54, 1.807) is 19.1 Å². The molecule has 6 aliphatic heterocycles. The quantitative estimate of drug-likeness (QED) is 0.237. The molecule has 1 radical (unpaired) electrons. The second-order valence-corrected chi connectivity index (χ2v) is 15.8. The molecule has 7 aliphatic rings. The van der Waals surface area contributed by atoms with Gasteiger partial charge < -0.3 is 44.1 Å². The Kier molecular flexibility index (Phi) is 8.95. The first-order chi connectivity index (χ1) is 24.9. The maximum Gasteiger partial charge on any atom is 0.331 e. The van der Waals surface area contributed by atoms with Gasteiger partial charge >= 0.3 is 5.97 Å². The topological polar surface area (TPSA) is 176 Å². The molecule has 5 N–H and O–H groups in total. The van der Waals surface area contributed by atoms with Crippen LogP contribution in [0.2, 0.25) is 0 Å². The molecule has 1 aliphatic carbocycles. The van der Waals surface area contributed by atoms with Crippen LogP contribution in [0.4, 0.5) is 0 Å². The fourth-order valence-corrected chi connectivity index (χ4v) is 11.8. The van der Waals surface area contributed by atoms with Gasteiger partial charge in [-0.3, -0.25) is 15.0 Å². The van der Waals surface area contributed by atoms with E-state index in [1.165, 1.54) is 26.0 Å². The Labute approximate surface area is 345 Å². The number of carbonyl (C=O) groups is 2. The molecule has 6 heterocycles. The summed E-state index contributed by atoms with van der Waals surface area (Å²) in [5, 5.41) is 50.7. The average molecular weight is 960 g/mol. The van der Waals surface area contributed by atoms with Gasteiger partial charge in [-0.2, -0.15) is 11.8 Å². The number of fused-ring (bicyclic) bond motifs is 9. The van der Waals surface area contributed by atoms with Crippen LogP contribution in [-0.4, -0.2) is 95.7 Å². The predicted molar refractivity (Wildman–Crippen MR) is 187 cm³/mol. The molecule has 2 saturated heterocycles. The number of aromatic hydroxyl groups is 3. The minimum Gasteiger partial charge on any atom is -0.507 e. The molecule has 13 nitrogen and oxygen atoms in total. The molecular formula is C38H40AcN2O11S. The third-order valence-corrected chi connectivity index (χ3v) is 13.9. The number of hydrogen-bond donors (Lipinski definition) is 5. The molecule has 3 aromatic rings. The molecule has 4 bridgehead atoms. The largest absolute Gasteiger partial charge is 0.507 e. The minimum atomic E-state index is -2.13. The normalized spacial score (nSPS) is 30.7. The number of piperidine rings is 1. The molecule has 7 atom stereocenters. The van der Waals surface area contributed by atoms with Crippen molar-refractivity contribution in [3.63, 3.8) is 0 Å². The second kappa shape index (κ2) is 12.8. The molecule has 10 rings (SSSR count). The summed E-state index contributed by atoms with van der Waals surface area (Å²) in [6, 6.07) is 3.70. The number of aliphatic hydroxyl groups is 1. The number of likely N-dealkylation sites (N-methyl/N-ethyl adjacent to an activating group) is 1. The van der Waals surface area contributed by atoms with Crippen LogP contribution >= 0.6 is 11.8 Å². The van der Waals surface area contributed by atoms with Crippen molar-refractivity contribution in [3.05, 3.63) is 62.7 Å². The minimum absolute atomic E-state index is 0. The monoisotopic (exact) mass is 959 g/mol. The van der Waals surface area contributed by atoms with Gasteiger partial charge in [0, 0.05) is 95.8 Å². The van der Waals surface area contributed by atoms with Gasteiger partial charge in [-0.1, -0.05) is 6.07 Å². The van der Waals surface area contributed by atoms with Gasteiger partial charge in [0.1, 0.15) is 18.0 Å². The SMILES string of the molecule is COc1cc2c(cc1O)CCN[C@]21CSC2c3c(O)c(C)c4c(c3C(COC1=O)C1(O)C(=O)C3Cc5cc(C)c(OC)c(O)c5C(C21)N3C)OCO4.[Ac]. The molecule has 0 amide bonds. The van der Waals surface area contributed by atoms with Crippen LogP contribution in [0.5, 0.6) is 40.2 Å². The molecule has 0 aromatic heterocycles. The van der Waals surface area contributed by atoms with Crippen molar-refractivity contribution < 1.29 is 97.8 Å². The van der Waals surface area contributed by atoms with Gasteiger partial charge in [0.25, 0.3) is 0 Å². The molecular weight excluding hydrogens is 919 g/mol. The van der Waals surface area contributed by atoms with Crippen LogP contribution in [0.25, 0.3) is 0 Å². The first-order valence-electron chi connectivity index (χ1n) is 17.4. The van der Waals surface area contributed by atoms with E-state index < -0.39 is 58.7 Å². The molecule has 15 heteroatoms. The number of ketones is 1. The fourth-order valence-electron chi connectivity index (χ4n) is 10.1. The Bertz CT molecular complexity index is 2110. The van der Waals surface area contributed by atoms with Crippen LogP contribution in [0.15, 0.2) is 18.2 Å². The standard InChI is InChI=1S/C38H40N2O11S.Ac/c1-15-8-18-9-21-35(44)38(46)20-12-49-36(45)37(19-11-23(47-4)22(41)10-17(19)6-7-39-37)13-52-34(26-25(20)33-32(50-14-51-33)16(2)29(26)42)27(38)28(40(21)3)24(18)30(43)31(15)48-5;/h8,10-11,20-21,27-28,34,39,41-43,46H,6-7,9,12-14H2,1-5H3;/t20?,21?,27?,28?,34?,37-,38?;/m1./s1. The van der Waals surface area contributed by atoms with Crippen molar-refractivity contribution in [2.75, 3.05) is 47.0 Å². The smallest absolute Gasteiger partial charge is 0.331 e. The van der Waals surface area contributed by atoms with E-state index in [0.29, 0.717) is 58.0 Å². The summed E-state index contributed by atoms with van der Waals surface area (Å²) in [4.78, 5) is 31.5. The van der Waals surface area contributed by atoms with E-state index in [-0.39, 0.29) is 86.0 Å². The summed E-state index contributed by atoms with van der Waals surface area (Å²) in [6.07, 6.45) is 0.772. The molecule has 3 aromatic carbocycles. The Morgan fingerprint density at radius 3 is 2.45 bits per heavy atom. The maximum absolute atomic E-state index is 15.0. The summed E-state index contributed by atoms with van der Waals surface area (Å²) in [6.45, 7) is 3.42. The van der Waals surface area contributed by atoms with Crippen LogP contribution < -0.4 is 24.3 Å². The van der Waals surface area contributed by atoms with Gasteiger partial charge in [-0.05, 0) is 68.1 Å². The van der Waals surface area contributed by atoms with Crippen molar-refractivity contribution >= 4 is 23.5 Å². The first-order valence-corrected chi connectivity index (χ1v) is 18.4. The van der Waals surface area contributed by atoms with Gasteiger partial charge in [0.2, 0.25) is 6.79 Å². The number of esters is 1. The Balaban J connectivity index is 0.00000400. The summed E-state index contributed by atoms with van der Waals surface area (Å²) in [5.74, 6) is -2.19. The van der Waals surface area contributed by atoms with Crippen LogP contribution in [0, 0.1) is 63.8 Å². The number of thioether (sulfide) groups is 1. The van der Waals surface area contributed by atoms with Gasteiger partial charge in [0.15, 0.2) is 45.8 Å². The second-order valence-electron chi connectivity index (χ2n) is 14.7. The van der Waals surface area contributed by atoms with E-state index in [2.05, 4.69) is 5.32 Å². The van der Waals surface area contributed by atoms with E-state index in [4.69, 9.17) is 23.7 Å². The third-order valence-electron chi connectivity index (χ3n) is 12.4. The zero-order chi connectivity index (χ0) is 36.6. The Morgan fingerprint density at radius 2 is 1.72 bits per heavy atom. The van der Waals surface area contributed by atoms with E-state index >= 15 is 4.79 Å². The third kappa shape index (κ3) is 4.76. The Morgan fingerprint density at radius 1 is 0.962 bits per heavy atom. The number of rotatable bonds is 2. The summed E-state index contributed by atoms with van der Waals surface area (Å²) >= 11 is 1.31. The molecule has 53 heavy (non-hydrogen) atoms. The summed E-state index contributed by atoms with van der Waals surface area (Å²) < 4.78 is 29.2. The molecule has 2 fully saturated rings. The number of phenolic OH excluding ortho intramolecular Hbond substituents is 3. The average Bonchev–Trinajstić information content (AvgIpc) is 3.61. The van der Waals surface area contributed by atoms with E-state index in [9.17, 15) is 25.2 Å². The number of hydrogen-bond acceptors (Lipinski definition) is 14. The molecule has 277 valence electrons. The molecule has 1 spiro atoms. The molecule has 6 unspecified atom stereocenters. The summed E-state index contributed by atoms with van der Waals surface area (Å²) in [7, 11) is 4.75. The summed E-state index contributed by atoms with van der Waals surface area (Å²) in [5.41, 5.74) is 1.11. The number of ether oxygens (including phenoxy) is 5. The number of methoxy groups -OCH3 is 2. The number of aryl methyl sites for hydroxylation is 1. The number of phenols is 3. The number of Topliss-reactive ketones (excluding diaryl/α,β-unsaturated/α-hetero) is 1. The zero-order valence-corrected chi connectivity index (χ0v) is 35.5. The zero-order valence-electron chi connectivity index (χ0n) is 29.9. The van der Waals surface area contributed by atoms with Crippen molar-refractivity contribution in [2.45, 2.75) is 61.1 Å². The van der Waals surface area contributed by atoms with Crippen molar-refractivity contribution in [3.8, 4) is 40.2 Å². The van der Waals surface area contributed by atoms with Gasteiger partial charge in [-0.25, -0.2) is 4.79 Å². The van der Waals surface area contributed by atoms with Crippen molar-refractivity contribution in [2.24, 2.45) is 5.92 Å². The number of carbonyl (C=O) groups excluding carboxylic acids is 2. The van der Waals surface area contributed by atoms with Crippen molar-refractivity contribution in [1.29, 1.82) is 0 Å². The predicted octanol–water partition coefficient (Wildman–Crippen LogP) is 3.16. The first kappa shape index (κ1) is 37.0. The van der Waals surface area contributed by atoms with Crippen LogP contribution in [0.1, 0.15) is 61.7 Å². The number of nitrogens with zero attached hydrogens (tertiary/aromatic N) is 1. The van der Waals surface area contributed by atoms with Crippen LogP contribution in [-0.2, 0) is 32.7 Å². The molecule has 0 saturated carbocycles. The van der Waals surface area contributed by atoms with Gasteiger partial charge in [-0.15, -0.1) is 0 Å². The number of benzene rings is 3. The van der Waals surface area contributed by atoms with Crippen molar-refractivity contribution in [1.82, 2.24) is 10.2 Å². The maximum atomic E-state index is 15.0. The van der Waals surface area contributed by atoms with E-state index in [1.807, 2.05) is 24.9 Å². The Hall–Kier alpha value is -2.93.